The van der Waals surface area contributed by atoms with E-state index in [4.69, 9.17) is 0 Å². The van der Waals surface area contributed by atoms with Crippen molar-refractivity contribution >= 4 is 21.8 Å². The smallest absolute Gasteiger partial charge is 0.00662 e. The van der Waals surface area contributed by atoms with Crippen molar-refractivity contribution in [2.75, 3.05) is 12.8 Å². The Morgan fingerprint density at radius 3 is 2.75 bits per heavy atom. The summed E-state index contributed by atoms with van der Waals surface area (Å²) in [6.45, 7) is 3.34. The average Bonchev–Trinajstić information content (AvgIpc) is 1.81. The molecule has 0 aromatic heterocycles. The van der Waals surface area contributed by atoms with E-state index in [0.717, 1.165) is 6.54 Å². The molecule has 0 aromatic rings. The highest BCUT2D eigenvalue weighted by Gasteiger charge is 1.81. The normalized spacial score (nSPS) is 9.75. The van der Waals surface area contributed by atoms with Gasteiger partial charge in [-0.2, -0.15) is 0 Å². The van der Waals surface area contributed by atoms with E-state index in [2.05, 4.69) is 17.9 Å². The maximum Gasteiger partial charge on any atom is 0.00662 e. The highest BCUT2D eigenvalue weighted by atomic mass is 33.1. The van der Waals surface area contributed by atoms with Crippen molar-refractivity contribution in [3.8, 4) is 0 Å². The van der Waals surface area contributed by atoms with Crippen LogP contribution in [-0.2, 0) is 0 Å². The fourth-order valence-corrected chi connectivity index (χ4v) is 1.30. The van der Waals surface area contributed by atoms with Gasteiger partial charge < -0.3 is 0 Å². The first-order chi connectivity index (χ1) is 3.91. The fourth-order valence-electron chi connectivity index (χ4n) is 0.350. The zero-order valence-corrected chi connectivity index (χ0v) is 7.07. The second kappa shape index (κ2) is 7.66. The molecule has 0 aromatic carbocycles. The van der Waals surface area contributed by atoms with Crippen LogP contribution >= 0.6 is 21.8 Å². The summed E-state index contributed by atoms with van der Waals surface area (Å²) in [7, 11) is 3.47. The number of rotatable bonds is 5. The maximum absolute atomic E-state index is 3.22. The van der Waals surface area contributed by atoms with Crippen molar-refractivity contribution in [2.24, 2.45) is 0 Å². The highest BCUT2D eigenvalue weighted by Crippen LogP contribution is 2.10. The van der Waals surface area contributed by atoms with Gasteiger partial charge in [-0.15, -0.1) is 0 Å². The Morgan fingerprint density at radius 1 is 1.50 bits per heavy atom. The summed E-state index contributed by atoms with van der Waals surface area (Å²) in [4.78, 5) is 0. The molecular weight excluding hydrogens is 138 g/mol. The van der Waals surface area contributed by atoms with Crippen LogP contribution in [0.2, 0.25) is 0 Å². The first-order valence-electron chi connectivity index (χ1n) is 2.84. The Bertz CT molecular complexity index is 35.4. The van der Waals surface area contributed by atoms with E-state index in [-0.39, 0.29) is 0 Å². The second-order valence-electron chi connectivity index (χ2n) is 1.50. The Kier molecular flexibility index (Phi) is 8.29. The van der Waals surface area contributed by atoms with E-state index < -0.39 is 0 Å². The number of unbranched alkanes of at least 4 members (excludes halogenated alkanes) is 1. The third-order valence-corrected chi connectivity index (χ3v) is 2.12. The van der Waals surface area contributed by atoms with Gasteiger partial charge in [-0.05, 0) is 23.7 Å². The lowest BCUT2D eigenvalue weighted by atomic mass is 10.3. The summed E-state index contributed by atoms with van der Waals surface area (Å²) in [5.74, 6) is 0. The fraction of sp³-hybridized carbons (Fsp3) is 1.00. The van der Waals surface area contributed by atoms with Crippen LogP contribution < -0.4 is 4.72 Å². The summed E-state index contributed by atoms with van der Waals surface area (Å²) < 4.78 is 3.22. The van der Waals surface area contributed by atoms with E-state index in [1.165, 1.54) is 12.8 Å². The van der Waals surface area contributed by atoms with Crippen LogP contribution in [0.4, 0.5) is 0 Å². The molecule has 0 amide bonds. The summed E-state index contributed by atoms with van der Waals surface area (Å²) in [6.07, 6.45) is 4.64. The van der Waals surface area contributed by atoms with Crippen molar-refractivity contribution in [3.63, 3.8) is 0 Å². The molecule has 0 bridgehead atoms. The molecule has 0 fully saturated rings. The number of hydrogen-bond donors (Lipinski definition) is 1. The van der Waals surface area contributed by atoms with Crippen LogP contribution in [-0.4, -0.2) is 12.8 Å². The summed E-state index contributed by atoms with van der Waals surface area (Å²) in [5, 5.41) is 0. The van der Waals surface area contributed by atoms with E-state index in [9.17, 15) is 0 Å². The second-order valence-corrected chi connectivity index (χ2v) is 3.79. The van der Waals surface area contributed by atoms with E-state index >= 15 is 0 Å². The lowest BCUT2D eigenvalue weighted by Gasteiger charge is -1.96. The largest absolute Gasteiger partial charge is 0.255 e. The van der Waals surface area contributed by atoms with Gasteiger partial charge in [-0.1, -0.05) is 24.1 Å². The lowest BCUT2D eigenvalue weighted by Crippen LogP contribution is -2.02. The lowest BCUT2D eigenvalue weighted by molar-refractivity contribution is 0.778. The Morgan fingerprint density at radius 2 is 2.25 bits per heavy atom. The molecule has 0 atom stereocenters. The van der Waals surface area contributed by atoms with Crippen molar-refractivity contribution in [2.45, 2.75) is 19.8 Å². The molecule has 1 nitrogen and oxygen atoms in total. The number of nitrogens with one attached hydrogen (secondary N) is 1. The molecule has 8 heavy (non-hydrogen) atoms. The van der Waals surface area contributed by atoms with Gasteiger partial charge in [0.15, 0.2) is 0 Å². The highest BCUT2D eigenvalue weighted by molar-refractivity contribution is 8.75. The van der Waals surface area contributed by atoms with Crippen LogP contribution in [0.3, 0.4) is 0 Å². The van der Waals surface area contributed by atoms with Crippen molar-refractivity contribution in [1.29, 1.82) is 0 Å². The molecule has 0 unspecified atom stereocenters. The molecule has 0 aliphatic rings. The Labute approximate surface area is 59.5 Å². The van der Waals surface area contributed by atoms with Gasteiger partial charge in [0.2, 0.25) is 0 Å². The van der Waals surface area contributed by atoms with Crippen molar-refractivity contribution in [1.82, 2.24) is 4.72 Å². The predicted molar refractivity (Wildman–Crippen MR) is 44.0 cm³/mol. The molecule has 0 aliphatic heterocycles. The SMILES string of the molecule is CCCCNSSC. The van der Waals surface area contributed by atoms with Gasteiger partial charge in [-0.3, -0.25) is 4.72 Å². The Balaban J connectivity index is 2.53. The molecule has 0 spiro atoms. The average molecular weight is 151 g/mol. The summed E-state index contributed by atoms with van der Waals surface area (Å²) >= 11 is 0. The molecule has 0 saturated heterocycles. The van der Waals surface area contributed by atoms with Gasteiger partial charge in [-0.25, -0.2) is 0 Å². The minimum Gasteiger partial charge on any atom is -0.255 e. The molecule has 50 valence electrons. The van der Waals surface area contributed by atoms with E-state index in [0.29, 0.717) is 0 Å². The molecule has 0 rings (SSSR count). The van der Waals surface area contributed by atoms with Crippen LogP contribution in [0.1, 0.15) is 19.8 Å². The summed E-state index contributed by atoms with van der Waals surface area (Å²) in [5.41, 5.74) is 0. The topological polar surface area (TPSA) is 12.0 Å². The summed E-state index contributed by atoms with van der Waals surface area (Å²) in [6, 6.07) is 0. The standard InChI is InChI=1S/C5H13NS2/c1-3-4-5-6-8-7-2/h6H,3-5H2,1-2H3. The third kappa shape index (κ3) is 6.66. The molecule has 1 N–H and O–H groups in total. The Hall–Kier alpha value is 0.660. The van der Waals surface area contributed by atoms with Crippen molar-refractivity contribution < 1.29 is 0 Å². The van der Waals surface area contributed by atoms with E-state index in [1.54, 1.807) is 21.8 Å². The molecule has 0 aliphatic carbocycles. The van der Waals surface area contributed by atoms with Crippen LogP contribution in [0, 0.1) is 0 Å². The first-order valence-corrected chi connectivity index (χ1v) is 5.40. The van der Waals surface area contributed by atoms with Gasteiger partial charge in [0.25, 0.3) is 0 Å². The zero-order valence-electron chi connectivity index (χ0n) is 5.44. The van der Waals surface area contributed by atoms with Crippen LogP contribution in [0.25, 0.3) is 0 Å². The van der Waals surface area contributed by atoms with Gasteiger partial charge >= 0.3 is 0 Å². The molecular formula is C5H13NS2. The molecule has 0 heterocycles. The monoisotopic (exact) mass is 151 g/mol. The van der Waals surface area contributed by atoms with Crippen LogP contribution in [0.5, 0.6) is 0 Å². The third-order valence-electron chi connectivity index (χ3n) is 0.775. The molecule has 0 radical (unpaired) electrons. The molecule has 0 saturated carbocycles. The first kappa shape index (κ1) is 8.66. The number of hydrogen-bond acceptors (Lipinski definition) is 3. The van der Waals surface area contributed by atoms with Crippen molar-refractivity contribution in [3.05, 3.63) is 0 Å². The van der Waals surface area contributed by atoms with Gasteiger partial charge in [0.1, 0.15) is 0 Å². The van der Waals surface area contributed by atoms with Gasteiger partial charge in [0, 0.05) is 6.54 Å². The zero-order chi connectivity index (χ0) is 6.24. The predicted octanol–water partition coefficient (Wildman–Crippen LogP) is 2.30. The van der Waals surface area contributed by atoms with E-state index in [1.807, 2.05) is 0 Å². The quantitative estimate of drug-likeness (QED) is 0.368. The van der Waals surface area contributed by atoms with Crippen LogP contribution in [0.15, 0.2) is 0 Å². The maximum atomic E-state index is 3.22. The minimum absolute atomic E-state index is 1.14. The molecule has 3 heteroatoms. The van der Waals surface area contributed by atoms with Gasteiger partial charge in [0.05, 0.1) is 0 Å². The minimum atomic E-state index is 1.14.